The van der Waals surface area contributed by atoms with Gasteiger partial charge in [-0.2, -0.15) is 0 Å². The van der Waals surface area contributed by atoms with E-state index in [0.29, 0.717) is 0 Å². The molecule has 0 aliphatic rings. The van der Waals surface area contributed by atoms with E-state index in [0.717, 1.165) is 21.7 Å². The highest BCUT2D eigenvalue weighted by molar-refractivity contribution is 6.30. The molecule has 0 aromatic heterocycles. The molecular formula is C22H17Cl. The van der Waals surface area contributed by atoms with Crippen molar-refractivity contribution in [3.05, 3.63) is 114 Å². The van der Waals surface area contributed by atoms with Gasteiger partial charge < -0.3 is 0 Å². The first-order valence-electron chi connectivity index (χ1n) is 7.52. The van der Waals surface area contributed by atoms with Gasteiger partial charge in [-0.3, -0.25) is 0 Å². The monoisotopic (exact) mass is 316 g/mol. The van der Waals surface area contributed by atoms with Crippen LogP contribution in [-0.4, -0.2) is 0 Å². The zero-order valence-corrected chi connectivity index (χ0v) is 13.5. The lowest BCUT2D eigenvalue weighted by molar-refractivity contribution is 1.53. The first-order valence-corrected chi connectivity index (χ1v) is 7.90. The predicted octanol–water partition coefficient (Wildman–Crippen LogP) is 6.62. The third-order valence-corrected chi connectivity index (χ3v) is 3.99. The first-order chi connectivity index (χ1) is 11.3. The Hall–Kier alpha value is -2.57. The number of hydrogen-bond acceptors (Lipinski definition) is 0. The van der Waals surface area contributed by atoms with Crippen molar-refractivity contribution in [2.45, 2.75) is 0 Å². The van der Waals surface area contributed by atoms with Crippen LogP contribution in [0.2, 0.25) is 5.02 Å². The van der Waals surface area contributed by atoms with Crippen molar-refractivity contribution in [1.29, 1.82) is 0 Å². The van der Waals surface area contributed by atoms with E-state index in [4.69, 9.17) is 11.6 Å². The largest absolute Gasteiger partial charge is 0.0990 e. The van der Waals surface area contributed by atoms with Crippen LogP contribution in [0.5, 0.6) is 0 Å². The molecule has 0 fully saturated rings. The number of hydrogen-bond donors (Lipinski definition) is 0. The Bertz CT molecular complexity index is 810. The highest BCUT2D eigenvalue weighted by Gasteiger charge is 2.05. The van der Waals surface area contributed by atoms with Gasteiger partial charge in [-0.25, -0.2) is 0 Å². The minimum atomic E-state index is 0.742. The highest BCUT2D eigenvalue weighted by atomic mass is 35.5. The summed E-state index contributed by atoms with van der Waals surface area (Å²) in [5.74, 6) is 0. The van der Waals surface area contributed by atoms with Crippen molar-refractivity contribution in [2.75, 3.05) is 0 Å². The molecule has 0 aliphatic heterocycles. The zero-order valence-electron chi connectivity index (χ0n) is 12.7. The number of benzene rings is 3. The summed E-state index contributed by atoms with van der Waals surface area (Å²) in [6.45, 7) is 3.83. The van der Waals surface area contributed by atoms with Crippen LogP contribution in [-0.2, 0) is 0 Å². The molecule has 0 nitrogen and oxygen atoms in total. The van der Waals surface area contributed by atoms with Gasteiger partial charge in [-0.15, -0.1) is 0 Å². The molecule has 0 radical (unpaired) electrons. The van der Waals surface area contributed by atoms with Gasteiger partial charge in [-0.05, 0) is 40.0 Å². The Kier molecular flexibility index (Phi) is 4.75. The van der Waals surface area contributed by atoms with Crippen LogP contribution >= 0.6 is 11.6 Å². The molecule has 3 aromatic carbocycles. The minimum Gasteiger partial charge on any atom is -0.0990 e. The van der Waals surface area contributed by atoms with Crippen molar-refractivity contribution < 1.29 is 0 Å². The minimum absolute atomic E-state index is 0.742. The summed E-state index contributed by atoms with van der Waals surface area (Å²) in [6, 6.07) is 26.9. The fourth-order valence-corrected chi connectivity index (χ4v) is 2.71. The van der Waals surface area contributed by atoms with Crippen molar-refractivity contribution in [2.24, 2.45) is 0 Å². The molecule has 0 saturated heterocycles. The molecule has 3 aromatic rings. The van der Waals surface area contributed by atoms with Gasteiger partial charge in [0.05, 0.1) is 0 Å². The van der Waals surface area contributed by atoms with E-state index in [1.54, 1.807) is 0 Å². The van der Waals surface area contributed by atoms with E-state index >= 15 is 0 Å². The lowest BCUT2D eigenvalue weighted by Crippen LogP contribution is -1.88. The molecule has 0 atom stereocenters. The molecule has 0 bridgehead atoms. The Morgan fingerprint density at radius 2 is 1.22 bits per heavy atom. The van der Waals surface area contributed by atoms with Gasteiger partial charge >= 0.3 is 0 Å². The van der Waals surface area contributed by atoms with Crippen LogP contribution < -0.4 is 0 Å². The Labute approximate surface area is 142 Å². The molecule has 1 heteroatoms. The highest BCUT2D eigenvalue weighted by Crippen LogP contribution is 2.27. The molecule has 0 unspecified atom stereocenters. The normalized spacial score (nSPS) is 11.3. The number of allylic oxidation sites excluding steroid dienone is 2. The standard InChI is InChI=1S/C22H17Cl/c1-2-6-22(20-13-15-21(23)16-14-20)19-11-9-18(10-12-19)17-7-4-3-5-8-17/h2-16H,1H2/b22-6+. The summed E-state index contributed by atoms with van der Waals surface area (Å²) in [7, 11) is 0. The van der Waals surface area contributed by atoms with Crippen LogP contribution in [0.3, 0.4) is 0 Å². The van der Waals surface area contributed by atoms with Crippen LogP contribution in [0.25, 0.3) is 16.7 Å². The summed E-state index contributed by atoms with van der Waals surface area (Å²) in [5.41, 5.74) is 5.85. The average Bonchev–Trinajstić information content (AvgIpc) is 2.62. The number of halogens is 1. The molecule has 23 heavy (non-hydrogen) atoms. The first kappa shape index (κ1) is 15.3. The Balaban J connectivity index is 1.97. The molecule has 0 spiro atoms. The summed E-state index contributed by atoms with van der Waals surface area (Å²) in [4.78, 5) is 0. The molecule has 3 rings (SSSR count). The van der Waals surface area contributed by atoms with Crippen molar-refractivity contribution >= 4 is 17.2 Å². The third kappa shape index (κ3) is 3.61. The summed E-state index contributed by atoms with van der Waals surface area (Å²) in [5, 5.41) is 0.742. The maximum Gasteiger partial charge on any atom is 0.0406 e. The van der Waals surface area contributed by atoms with Gasteiger partial charge in [0.2, 0.25) is 0 Å². The summed E-state index contributed by atoms with van der Waals surface area (Å²) in [6.07, 6.45) is 3.84. The second kappa shape index (κ2) is 7.13. The van der Waals surface area contributed by atoms with Crippen molar-refractivity contribution in [3.8, 4) is 11.1 Å². The fourth-order valence-electron chi connectivity index (χ4n) is 2.58. The van der Waals surface area contributed by atoms with Crippen molar-refractivity contribution in [1.82, 2.24) is 0 Å². The fraction of sp³-hybridized carbons (Fsp3) is 0. The van der Waals surface area contributed by atoms with Crippen molar-refractivity contribution in [3.63, 3.8) is 0 Å². The summed E-state index contributed by atoms with van der Waals surface area (Å²) < 4.78 is 0. The quantitative estimate of drug-likeness (QED) is 0.474. The van der Waals surface area contributed by atoms with Gasteiger partial charge in [-0.1, -0.05) is 97.1 Å². The molecule has 0 N–H and O–H groups in total. The van der Waals surface area contributed by atoms with E-state index in [2.05, 4.69) is 55.1 Å². The van der Waals surface area contributed by atoms with E-state index in [1.807, 2.05) is 42.5 Å². The van der Waals surface area contributed by atoms with Crippen LogP contribution in [0.4, 0.5) is 0 Å². The Morgan fingerprint density at radius 1 is 0.696 bits per heavy atom. The lowest BCUT2D eigenvalue weighted by atomic mass is 9.95. The van der Waals surface area contributed by atoms with Gasteiger partial charge in [0, 0.05) is 5.02 Å². The van der Waals surface area contributed by atoms with E-state index in [9.17, 15) is 0 Å². The maximum absolute atomic E-state index is 5.99. The van der Waals surface area contributed by atoms with Gasteiger partial charge in [0.25, 0.3) is 0 Å². The Morgan fingerprint density at radius 3 is 1.78 bits per heavy atom. The molecule has 0 aliphatic carbocycles. The zero-order chi connectivity index (χ0) is 16.1. The smallest absolute Gasteiger partial charge is 0.0406 e. The van der Waals surface area contributed by atoms with Crippen LogP contribution in [0.1, 0.15) is 11.1 Å². The number of rotatable bonds is 4. The van der Waals surface area contributed by atoms with Gasteiger partial charge in [0.15, 0.2) is 0 Å². The second-order valence-electron chi connectivity index (χ2n) is 5.27. The summed E-state index contributed by atoms with van der Waals surface area (Å²) >= 11 is 5.99. The maximum atomic E-state index is 5.99. The molecule has 112 valence electrons. The predicted molar refractivity (Wildman–Crippen MR) is 101 cm³/mol. The SMILES string of the molecule is C=C/C=C(/c1ccc(Cl)cc1)c1ccc(-c2ccccc2)cc1. The van der Waals surface area contributed by atoms with Crippen LogP contribution in [0.15, 0.2) is 97.6 Å². The lowest BCUT2D eigenvalue weighted by Gasteiger charge is -2.09. The van der Waals surface area contributed by atoms with Gasteiger partial charge in [0.1, 0.15) is 0 Å². The third-order valence-electron chi connectivity index (χ3n) is 3.74. The second-order valence-corrected chi connectivity index (χ2v) is 5.70. The topological polar surface area (TPSA) is 0 Å². The average molecular weight is 317 g/mol. The molecular weight excluding hydrogens is 300 g/mol. The molecule has 0 saturated carbocycles. The molecule has 0 amide bonds. The van der Waals surface area contributed by atoms with Crippen LogP contribution in [0, 0.1) is 0 Å². The van der Waals surface area contributed by atoms with E-state index in [-0.39, 0.29) is 0 Å². The van der Waals surface area contributed by atoms with E-state index < -0.39 is 0 Å². The van der Waals surface area contributed by atoms with E-state index in [1.165, 1.54) is 11.1 Å². The molecule has 0 heterocycles.